The number of rotatable bonds is 1. The normalized spacial score (nSPS) is 10.5. The Balaban J connectivity index is 2.83. The third-order valence-corrected chi connectivity index (χ3v) is 2.85. The average molecular weight is 195 g/mol. The maximum Gasteiger partial charge on any atom is 0.133 e. The van der Waals surface area contributed by atoms with Crippen molar-refractivity contribution in [3.63, 3.8) is 0 Å². The van der Waals surface area contributed by atoms with Gasteiger partial charge in [0.15, 0.2) is 0 Å². The first-order valence-corrected chi connectivity index (χ1v) is 4.59. The summed E-state index contributed by atoms with van der Waals surface area (Å²) in [5, 5.41) is 11.0. The summed E-state index contributed by atoms with van der Waals surface area (Å²) in [6.45, 7) is 0. The zero-order valence-corrected chi connectivity index (χ0v) is 7.89. The highest BCUT2D eigenvalue weighted by Gasteiger charge is 2.08. The molecule has 1 aromatic heterocycles. The fraction of sp³-hybridized carbons (Fsp3) is 0.111. The van der Waals surface area contributed by atoms with Gasteiger partial charge in [0.2, 0.25) is 0 Å². The SMILES string of the molecule is COc1ccc(O)c2sc(N)cc12. The van der Waals surface area contributed by atoms with Gasteiger partial charge < -0.3 is 15.6 Å². The van der Waals surface area contributed by atoms with Gasteiger partial charge in [-0.2, -0.15) is 0 Å². The standard InChI is InChI=1S/C9H9NO2S/c1-12-7-3-2-6(11)9-5(7)4-8(10)13-9/h2-4,11H,10H2,1H3. The number of ether oxygens (including phenoxy) is 1. The van der Waals surface area contributed by atoms with Crippen molar-refractivity contribution in [1.29, 1.82) is 0 Å². The summed E-state index contributed by atoms with van der Waals surface area (Å²) >= 11 is 1.36. The predicted octanol–water partition coefficient (Wildman–Crippen LogP) is 2.20. The van der Waals surface area contributed by atoms with Crippen LogP contribution >= 0.6 is 11.3 Å². The summed E-state index contributed by atoms with van der Waals surface area (Å²) in [4.78, 5) is 0. The van der Waals surface area contributed by atoms with Crippen LogP contribution in [0.25, 0.3) is 10.1 Å². The molecule has 0 amide bonds. The molecule has 1 heterocycles. The summed E-state index contributed by atoms with van der Waals surface area (Å²) in [6.07, 6.45) is 0. The molecule has 0 atom stereocenters. The monoisotopic (exact) mass is 195 g/mol. The van der Waals surface area contributed by atoms with E-state index >= 15 is 0 Å². The molecule has 0 saturated carbocycles. The molecule has 1 aromatic carbocycles. The number of methoxy groups -OCH3 is 1. The smallest absolute Gasteiger partial charge is 0.133 e. The highest BCUT2D eigenvalue weighted by Crippen LogP contribution is 2.39. The van der Waals surface area contributed by atoms with Gasteiger partial charge in [-0.3, -0.25) is 0 Å². The van der Waals surface area contributed by atoms with E-state index in [1.165, 1.54) is 11.3 Å². The molecule has 0 fully saturated rings. The van der Waals surface area contributed by atoms with Crippen LogP contribution in [-0.4, -0.2) is 12.2 Å². The van der Waals surface area contributed by atoms with Crippen molar-refractivity contribution in [3.8, 4) is 11.5 Å². The summed E-state index contributed by atoms with van der Waals surface area (Å²) < 4.78 is 5.91. The summed E-state index contributed by atoms with van der Waals surface area (Å²) in [6, 6.07) is 5.14. The second-order valence-corrected chi connectivity index (χ2v) is 3.76. The van der Waals surface area contributed by atoms with Crippen LogP contribution in [0.3, 0.4) is 0 Å². The van der Waals surface area contributed by atoms with Gasteiger partial charge in [-0.1, -0.05) is 0 Å². The maximum atomic E-state index is 9.50. The second kappa shape index (κ2) is 2.81. The molecule has 13 heavy (non-hydrogen) atoms. The minimum atomic E-state index is 0.248. The van der Waals surface area contributed by atoms with Crippen LogP contribution < -0.4 is 10.5 Å². The summed E-state index contributed by atoms with van der Waals surface area (Å²) in [7, 11) is 1.60. The van der Waals surface area contributed by atoms with Crippen LogP contribution in [-0.2, 0) is 0 Å². The first kappa shape index (κ1) is 8.19. The zero-order chi connectivity index (χ0) is 9.42. The predicted molar refractivity (Wildman–Crippen MR) is 54.5 cm³/mol. The number of phenols is 1. The number of anilines is 1. The van der Waals surface area contributed by atoms with Crippen molar-refractivity contribution in [1.82, 2.24) is 0 Å². The van der Waals surface area contributed by atoms with E-state index in [1.807, 2.05) is 0 Å². The quantitative estimate of drug-likeness (QED) is 0.733. The highest BCUT2D eigenvalue weighted by molar-refractivity contribution is 7.23. The minimum absolute atomic E-state index is 0.248. The number of aromatic hydroxyl groups is 1. The van der Waals surface area contributed by atoms with Crippen molar-refractivity contribution in [2.24, 2.45) is 0 Å². The molecule has 0 aliphatic rings. The summed E-state index contributed by atoms with van der Waals surface area (Å²) in [5.74, 6) is 0.984. The third-order valence-electron chi connectivity index (χ3n) is 1.86. The van der Waals surface area contributed by atoms with Gasteiger partial charge in [-0.25, -0.2) is 0 Å². The average Bonchev–Trinajstić information content (AvgIpc) is 2.48. The lowest BCUT2D eigenvalue weighted by atomic mass is 10.2. The van der Waals surface area contributed by atoms with Crippen molar-refractivity contribution >= 4 is 26.4 Å². The number of phenolic OH excluding ortho intramolecular Hbond substituents is 1. The first-order valence-electron chi connectivity index (χ1n) is 3.77. The maximum absolute atomic E-state index is 9.50. The third kappa shape index (κ3) is 1.19. The number of benzene rings is 1. The molecule has 0 aliphatic carbocycles. The Morgan fingerprint density at radius 1 is 1.46 bits per heavy atom. The van der Waals surface area contributed by atoms with Gasteiger partial charge in [0.1, 0.15) is 11.5 Å². The number of nitrogen functional groups attached to an aromatic ring is 1. The lowest BCUT2D eigenvalue weighted by molar-refractivity contribution is 0.418. The molecule has 2 aromatic rings. The molecule has 0 unspecified atom stereocenters. The number of fused-ring (bicyclic) bond motifs is 1. The van der Waals surface area contributed by atoms with Crippen LogP contribution in [0, 0.1) is 0 Å². The Bertz CT molecular complexity index is 450. The Morgan fingerprint density at radius 3 is 2.92 bits per heavy atom. The largest absolute Gasteiger partial charge is 0.506 e. The van der Waals surface area contributed by atoms with E-state index in [9.17, 15) is 5.11 Å². The first-order chi connectivity index (χ1) is 6.22. The van der Waals surface area contributed by atoms with E-state index in [2.05, 4.69) is 0 Å². The van der Waals surface area contributed by atoms with Crippen LogP contribution in [0.4, 0.5) is 5.00 Å². The van der Waals surface area contributed by atoms with Crippen LogP contribution in [0.2, 0.25) is 0 Å². The van der Waals surface area contributed by atoms with E-state index in [4.69, 9.17) is 10.5 Å². The molecular weight excluding hydrogens is 186 g/mol. The molecular formula is C9H9NO2S. The van der Waals surface area contributed by atoms with Crippen molar-refractivity contribution in [2.45, 2.75) is 0 Å². The second-order valence-electron chi connectivity index (χ2n) is 2.68. The molecule has 0 aliphatic heterocycles. The Hall–Kier alpha value is -1.42. The number of thiophene rings is 1. The molecule has 3 nitrogen and oxygen atoms in total. The minimum Gasteiger partial charge on any atom is -0.506 e. The molecule has 0 spiro atoms. The number of hydrogen-bond donors (Lipinski definition) is 2. The molecule has 0 bridgehead atoms. The van der Waals surface area contributed by atoms with Crippen molar-refractivity contribution in [3.05, 3.63) is 18.2 Å². The van der Waals surface area contributed by atoms with E-state index < -0.39 is 0 Å². The molecule has 2 rings (SSSR count). The van der Waals surface area contributed by atoms with Crippen LogP contribution in [0.5, 0.6) is 11.5 Å². The van der Waals surface area contributed by atoms with Crippen molar-refractivity contribution < 1.29 is 9.84 Å². The number of nitrogens with two attached hydrogens (primary N) is 1. The van der Waals surface area contributed by atoms with Gasteiger partial charge in [0, 0.05) is 5.39 Å². The Labute approximate surface area is 79.4 Å². The zero-order valence-electron chi connectivity index (χ0n) is 7.07. The van der Waals surface area contributed by atoms with Gasteiger partial charge in [-0.15, -0.1) is 11.3 Å². The van der Waals surface area contributed by atoms with Gasteiger partial charge in [-0.05, 0) is 18.2 Å². The van der Waals surface area contributed by atoms with E-state index in [-0.39, 0.29) is 5.75 Å². The molecule has 0 saturated heterocycles. The van der Waals surface area contributed by atoms with Crippen molar-refractivity contribution in [2.75, 3.05) is 12.8 Å². The lowest BCUT2D eigenvalue weighted by Gasteiger charge is -2.01. The van der Waals surface area contributed by atoms with Gasteiger partial charge in [0.05, 0.1) is 16.8 Å². The van der Waals surface area contributed by atoms with Gasteiger partial charge >= 0.3 is 0 Å². The highest BCUT2D eigenvalue weighted by atomic mass is 32.1. The fourth-order valence-corrected chi connectivity index (χ4v) is 2.14. The molecule has 0 radical (unpaired) electrons. The lowest BCUT2D eigenvalue weighted by Crippen LogP contribution is -1.82. The van der Waals surface area contributed by atoms with E-state index in [1.54, 1.807) is 25.3 Å². The molecule has 4 heteroatoms. The van der Waals surface area contributed by atoms with E-state index in [0.717, 1.165) is 15.8 Å². The number of hydrogen-bond acceptors (Lipinski definition) is 4. The fourth-order valence-electron chi connectivity index (χ4n) is 1.28. The summed E-state index contributed by atoms with van der Waals surface area (Å²) in [5.41, 5.74) is 5.63. The topological polar surface area (TPSA) is 55.5 Å². The molecule has 3 N–H and O–H groups in total. The van der Waals surface area contributed by atoms with Crippen LogP contribution in [0.1, 0.15) is 0 Å². The Morgan fingerprint density at radius 2 is 2.23 bits per heavy atom. The Kier molecular flexibility index (Phi) is 1.77. The molecule has 68 valence electrons. The van der Waals surface area contributed by atoms with Gasteiger partial charge in [0.25, 0.3) is 0 Å². The van der Waals surface area contributed by atoms with E-state index in [0.29, 0.717) is 5.00 Å². The van der Waals surface area contributed by atoms with Crippen LogP contribution in [0.15, 0.2) is 18.2 Å².